The molecule has 0 unspecified atom stereocenters. The molecular formula is C10H6BrClFNO2S. The molecule has 0 amide bonds. The summed E-state index contributed by atoms with van der Waals surface area (Å²) in [4.78, 5) is 4.41. The molecule has 1 N–H and O–H groups in total. The molecule has 3 nitrogen and oxygen atoms in total. The van der Waals surface area contributed by atoms with Gasteiger partial charge in [0, 0.05) is 10.5 Å². The Labute approximate surface area is 114 Å². The van der Waals surface area contributed by atoms with Gasteiger partial charge in [-0.05, 0) is 12.1 Å². The molecule has 0 spiro atoms. The van der Waals surface area contributed by atoms with E-state index in [4.69, 9.17) is 21.4 Å². The van der Waals surface area contributed by atoms with Crippen molar-refractivity contribution in [1.29, 1.82) is 0 Å². The van der Waals surface area contributed by atoms with Gasteiger partial charge in [0.2, 0.25) is 0 Å². The number of nitrogens with zero attached hydrogens (tertiary/aromatic N) is 1. The molecule has 0 atom stereocenters. The van der Waals surface area contributed by atoms with Crippen LogP contribution < -0.4 is 4.74 Å². The highest BCUT2D eigenvalue weighted by atomic mass is 79.9. The summed E-state index contributed by atoms with van der Waals surface area (Å²) in [6.45, 7) is -0.202. The molecule has 1 aromatic carbocycles. The van der Waals surface area contributed by atoms with Crippen LogP contribution in [-0.4, -0.2) is 10.1 Å². The molecule has 2 aromatic rings. The molecule has 0 aliphatic heterocycles. The Morgan fingerprint density at radius 2 is 2.24 bits per heavy atom. The van der Waals surface area contributed by atoms with Gasteiger partial charge in [0.15, 0.2) is 0 Å². The van der Waals surface area contributed by atoms with E-state index in [1.165, 1.54) is 12.1 Å². The number of aliphatic hydroxyl groups is 1. The number of thiazole rings is 1. The summed E-state index contributed by atoms with van der Waals surface area (Å²) in [5.41, 5.74) is 0. The Morgan fingerprint density at radius 1 is 1.47 bits per heavy atom. The Balaban J connectivity index is 2.24. The first kappa shape index (κ1) is 12.8. The zero-order chi connectivity index (χ0) is 12.4. The van der Waals surface area contributed by atoms with E-state index < -0.39 is 5.82 Å². The van der Waals surface area contributed by atoms with Gasteiger partial charge in [-0.25, -0.2) is 4.39 Å². The fourth-order valence-electron chi connectivity index (χ4n) is 1.14. The summed E-state index contributed by atoms with van der Waals surface area (Å²) in [5, 5.41) is 9.41. The molecule has 2 rings (SSSR count). The third-order valence-corrected chi connectivity index (χ3v) is 3.62. The van der Waals surface area contributed by atoms with E-state index in [1.807, 2.05) is 0 Å². The Bertz CT molecular complexity index is 529. The number of aliphatic hydroxyl groups excluding tert-OH is 1. The van der Waals surface area contributed by atoms with Crippen molar-refractivity contribution in [3.05, 3.63) is 38.5 Å². The molecule has 0 saturated carbocycles. The molecule has 90 valence electrons. The molecule has 1 heterocycles. The topological polar surface area (TPSA) is 42.4 Å². The molecule has 1 aromatic heterocycles. The van der Waals surface area contributed by atoms with Crippen molar-refractivity contribution in [2.45, 2.75) is 6.61 Å². The average molecular weight is 339 g/mol. The van der Waals surface area contributed by atoms with Gasteiger partial charge in [-0.15, -0.1) is 0 Å². The summed E-state index contributed by atoms with van der Waals surface area (Å²) >= 11 is 10.0. The lowest BCUT2D eigenvalue weighted by Gasteiger charge is -2.02. The lowest BCUT2D eigenvalue weighted by Crippen LogP contribution is -1.84. The molecule has 0 aliphatic carbocycles. The second-order valence-corrected chi connectivity index (χ2v) is 5.38. The zero-order valence-electron chi connectivity index (χ0n) is 8.28. The fraction of sp³-hybridized carbons (Fsp3) is 0.100. The molecule has 0 bridgehead atoms. The number of aromatic nitrogens is 1. The number of hydrogen-bond acceptors (Lipinski definition) is 4. The minimum absolute atomic E-state index is 0.197. The molecule has 7 heteroatoms. The predicted octanol–water partition coefficient (Wildman–Crippen LogP) is 3.98. The third kappa shape index (κ3) is 3.16. The maximum absolute atomic E-state index is 13.1. The highest BCUT2D eigenvalue weighted by molar-refractivity contribution is 9.10. The van der Waals surface area contributed by atoms with E-state index in [0.717, 1.165) is 11.3 Å². The van der Waals surface area contributed by atoms with Crippen LogP contribution in [0.5, 0.6) is 10.9 Å². The van der Waals surface area contributed by atoms with E-state index in [1.54, 1.807) is 6.07 Å². The van der Waals surface area contributed by atoms with Crippen LogP contribution in [0.15, 0.2) is 22.7 Å². The lowest BCUT2D eigenvalue weighted by molar-refractivity contribution is 0.285. The van der Waals surface area contributed by atoms with Gasteiger partial charge >= 0.3 is 0 Å². The van der Waals surface area contributed by atoms with Crippen LogP contribution >= 0.6 is 38.9 Å². The minimum atomic E-state index is -0.417. The van der Waals surface area contributed by atoms with Gasteiger partial charge in [-0.3, -0.25) is 0 Å². The van der Waals surface area contributed by atoms with Crippen molar-refractivity contribution in [2.75, 3.05) is 0 Å². The SMILES string of the molecule is OCc1sc(Oc2cc(F)cc(Br)c2)nc1Cl. The van der Waals surface area contributed by atoms with Crippen LogP contribution in [0.25, 0.3) is 0 Å². The Hall–Kier alpha value is -0.690. The maximum atomic E-state index is 13.1. The molecule has 0 saturated heterocycles. The molecule has 0 aliphatic rings. The zero-order valence-corrected chi connectivity index (χ0v) is 11.4. The van der Waals surface area contributed by atoms with E-state index in [2.05, 4.69) is 20.9 Å². The normalized spacial score (nSPS) is 10.6. The van der Waals surface area contributed by atoms with Crippen LogP contribution in [0.2, 0.25) is 5.15 Å². The minimum Gasteiger partial charge on any atom is -0.431 e. The molecule has 17 heavy (non-hydrogen) atoms. The summed E-state index contributed by atoms with van der Waals surface area (Å²) in [6, 6.07) is 4.16. The first-order chi connectivity index (χ1) is 8.08. The first-order valence-corrected chi connectivity index (χ1v) is 6.47. The van der Waals surface area contributed by atoms with E-state index in [9.17, 15) is 4.39 Å². The number of ether oxygens (including phenoxy) is 1. The van der Waals surface area contributed by atoms with Crippen LogP contribution in [-0.2, 0) is 6.61 Å². The summed E-state index contributed by atoms with van der Waals surface area (Å²) < 4.78 is 19.0. The van der Waals surface area contributed by atoms with Crippen LogP contribution in [0.3, 0.4) is 0 Å². The summed E-state index contributed by atoms with van der Waals surface area (Å²) in [5.74, 6) is -0.105. The average Bonchev–Trinajstić information content (AvgIpc) is 2.57. The largest absolute Gasteiger partial charge is 0.431 e. The number of halogens is 3. The van der Waals surface area contributed by atoms with Crippen molar-refractivity contribution in [3.63, 3.8) is 0 Å². The highest BCUT2D eigenvalue weighted by Gasteiger charge is 2.10. The second-order valence-electron chi connectivity index (χ2n) is 3.06. The first-order valence-electron chi connectivity index (χ1n) is 4.48. The van der Waals surface area contributed by atoms with Crippen molar-refractivity contribution >= 4 is 38.9 Å². The van der Waals surface area contributed by atoms with Gasteiger partial charge in [0.05, 0.1) is 11.5 Å². The van der Waals surface area contributed by atoms with Crippen molar-refractivity contribution in [1.82, 2.24) is 4.98 Å². The standard InChI is InChI=1S/C10H6BrClFNO2S/c11-5-1-6(13)3-7(2-5)16-10-14-9(12)8(4-15)17-10/h1-3,15H,4H2. The van der Waals surface area contributed by atoms with E-state index >= 15 is 0 Å². The van der Waals surface area contributed by atoms with E-state index in [0.29, 0.717) is 15.1 Å². The predicted molar refractivity (Wildman–Crippen MR) is 67.2 cm³/mol. The van der Waals surface area contributed by atoms with Gasteiger partial charge in [-0.2, -0.15) is 4.98 Å². The summed E-state index contributed by atoms with van der Waals surface area (Å²) in [7, 11) is 0. The summed E-state index contributed by atoms with van der Waals surface area (Å²) in [6.07, 6.45) is 0. The van der Waals surface area contributed by atoms with Gasteiger partial charge < -0.3 is 9.84 Å². The van der Waals surface area contributed by atoms with Crippen LogP contribution in [0, 0.1) is 5.82 Å². The number of rotatable bonds is 3. The molecule has 0 fully saturated rings. The quantitative estimate of drug-likeness (QED) is 0.920. The van der Waals surface area contributed by atoms with Crippen molar-refractivity contribution < 1.29 is 14.2 Å². The highest BCUT2D eigenvalue weighted by Crippen LogP contribution is 2.33. The molecular weight excluding hydrogens is 333 g/mol. The third-order valence-electron chi connectivity index (χ3n) is 1.81. The van der Waals surface area contributed by atoms with Crippen LogP contribution in [0.4, 0.5) is 4.39 Å². The Morgan fingerprint density at radius 3 is 2.82 bits per heavy atom. The number of benzene rings is 1. The second kappa shape index (κ2) is 5.30. The fourth-order valence-corrected chi connectivity index (χ4v) is 2.57. The monoisotopic (exact) mass is 337 g/mol. The maximum Gasteiger partial charge on any atom is 0.280 e. The van der Waals surface area contributed by atoms with Gasteiger partial charge in [0.25, 0.3) is 5.19 Å². The number of hydrogen-bond donors (Lipinski definition) is 1. The Kier molecular flexibility index (Phi) is 3.98. The van der Waals surface area contributed by atoms with Crippen LogP contribution in [0.1, 0.15) is 4.88 Å². The molecule has 0 radical (unpaired) electrons. The van der Waals surface area contributed by atoms with Gasteiger partial charge in [-0.1, -0.05) is 38.9 Å². The smallest absolute Gasteiger partial charge is 0.280 e. The van der Waals surface area contributed by atoms with Crippen molar-refractivity contribution in [3.8, 4) is 10.9 Å². The van der Waals surface area contributed by atoms with Gasteiger partial charge in [0.1, 0.15) is 16.7 Å². The lowest BCUT2D eigenvalue weighted by atomic mass is 10.3. The van der Waals surface area contributed by atoms with Crippen molar-refractivity contribution in [2.24, 2.45) is 0 Å². The van der Waals surface area contributed by atoms with E-state index in [-0.39, 0.29) is 17.0 Å².